The van der Waals surface area contributed by atoms with Crippen molar-refractivity contribution in [2.75, 3.05) is 0 Å². The Bertz CT molecular complexity index is 1640. The summed E-state index contributed by atoms with van der Waals surface area (Å²) in [7, 11) is 0. The monoisotopic (exact) mass is 442 g/mol. The molecule has 0 fully saturated rings. The maximum atomic E-state index is 6.07. The summed E-state index contributed by atoms with van der Waals surface area (Å²) in [5.41, 5.74) is 5.37. The average molecular weight is 443 g/mol. The number of aromatic amines is 1. The van der Waals surface area contributed by atoms with Crippen molar-refractivity contribution >= 4 is 56.9 Å². The Kier molecular flexibility index (Phi) is 4.12. The molecule has 0 saturated heterocycles. The van der Waals surface area contributed by atoms with E-state index in [4.69, 9.17) is 33.8 Å². The minimum Gasteiger partial charge on any atom is -0.316 e. The van der Waals surface area contributed by atoms with E-state index in [2.05, 4.69) is 26.9 Å². The van der Waals surface area contributed by atoms with Crippen molar-refractivity contribution < 1.29 is 0 Å². The van der Waals surface area contributed by atoms with Crippen LogP contribution in [-0.2, 0) is 6.54 Å². The number of para-hydroxylation sites is 3. The van der Waals surface area contributed by atoms with E-state index in [-0.39, 0.29) is 0 Å². The second-order valence-electron chi connectivity index (χ2n) is 7.24. The standard InChI is InChI=1S/C23H15ClN6S/c24-14-9-11-15(12-10-14)30-20(27-28-23(30)31)13-29-19-8-4-1-5-16(19)21-22(29)26-18-7-3-2-6-17(18)25-21/h1-12H,13H2,(H,28,31). The molecule has 3 aromatic carbocycles. The van der Waals surface area contributed by atoms with E-state index in [1.54, 1.807) is 0 Å². The number of halogens is 1. The first-order valence-corrected chi connectivity index (χ1v) is 10.5. The molecule has 31 heavy (non-hydrogen) atoms. The smallest absolute Gasteiger partial charge is 0.199 e. The minimum atomic E-state index is 0.479. The summed E-state index contributed by atoms with van der Waals surface area (Å²) in [4.78, 5) is 9.85. The van der Waals surface area contributed by atoms with Gasteiger partial charge in [0, 0.05) is 16.1 Å². The van der Waals surface area contributed by atoms with Gasteiger partial charge in [-0.3, -0.25) is 9.67 Å². The fourth-order valence-electron chi connectivity index (χ4n) is 3.98. The molecule has 0 aliphatic carbocycles. The SMILES string of the molecule is S=c1[nH]nc(Cn2c3ccccc3c3nc4ccccc4nc32)n1-c1ccc(Cl)cc1. The second kappa shape index (κ2) is 7.01. The number of nitrogens with one attached hydrogen (secondary N) is 1. The van der Waals surface area contributed by atoms with Crippen LogP contribution in [0.1, 0.15) is 5.82 Å². The molecule has 3 aromatic heterocycles. The van der Waals surface area contributed by atoms with Crippen molar-refractivity contribution in [1.29, 1.82) is 0 Å². The molecule has 0 atom stereocenters. The number of benzene rings is 3. The maximum absolute atomic E-state index is 6.07. The van der Waals surface area contributed by atoms with Crippen LogP contribution in [0, 0.1) is 4.77 Å². The molecule has 6 aromatic rings. The van der Waals surface area contributed by atoms with E-state index >= 15 is 0 Å². The average Bonchev–Trinajstić information content (AvgIpc) is 3.31. The molecule has 3 heterocycles. The van der Waals surface area contributed by atoms with E-state index in [9.17, 15) is 0 Å². The van der Waals surface area contributed by atoms with Crippen LogP contribution in [0.15, 0.2) is 72.8 Å². The Hall–Kier alpha value is -3.55. The van der Waals surface area contributed by atoms with Gasteiger partial charge in [-0.05, 0) is 54.7 Å². The van der Waals surface area contributed by atoms with E-state index in [1.165, 1.54) is 0 Å². The molecule has 0 aliphatic rings. The van der Waals surface area contributed by atoms with Crippen LogP contribution in [0.25, 0.3) is 38.8 Å². The maximum Gasteiger partial charge on any atom is 0.199 e. The molecule has 6 nitrogen and oxygen atoms in total. The molecule has 0 unspecified atom stereocenters. The Labute approximate surface area is 186 Å². The van der Waals surface area contributed by atoms with Crippen LogP contribution in [0.5, 0.6) is 0 Å². The topological polar surface area (TPSA) is 64.3 Å². The van der Waals surface area contributed by atoms with Gasteiger partial charge in [-0.1, -0.05) is 41.9 Å². The van der Waals surface area contributed by atoms with Crippen molar-refractivity contribution in [3.63, 3.8) is 0 Å². The first-order chi connectivity index (χ1) is 15.2. The van der Waals surface area contributed by atoms with Crippen LogP contribution in [0.4, 0.5) is 0 Å². The summed E-state index contributed by atoms with van der Waals surface area (Å²) >= 11 is 11.6. The van der Waals surface area contributed by atoms with Crippen molar-refractivity contribution in [1.82, 2.24) is 29.3 Å². The van der Waals surface area contributed by atoms with Crippen molar-refractivity contribution in [2.45, 2.75) is 6.54 Å². The molecule has 150 valence electrons. The first-order valence-electron chi connectivity index (χ1n) is 9.75. The molecular formula is C23H15ClN6S. The molecular weight excluding hydrogens is 428 g/mol. The van der Waals surface area contributed by atoms with Gasteiger partial charge in [0.15, 0.2) is 16.2 Å². The third-order valence-corrected chi connectivity index (χ3v) is 5.91. The number of hydrogen-bond donors (Lipinski definition) is 1. The summed E-state index contributed by atoms with van der Waals surface area (Å²) in [6, 6.07) is 23.7. The lowest BCUT2D eigenvalue weighted by Crippen LogP contribution is -2.08. The largest absolute Gasteiger partial charge is 0.316 e. The number of rotatable bonds is 3. The summed E-state index contributed by atoms with van der Waals surface area (Å²) in [5.74, 6) is 0.768. The first kappa shape index (κ1) is 18.2. The van der Waals surface area contributed by atoms with E-state index in [0.717, 1.165) is 44.6 Å². The van der Waals surface area contributed by atoms with Crippen molar-refractivity contribution in [3.05, 3.63) is 88.4 Å². The molecule has 8 heteroatoms. The highest BCUT2D eigenvalue weighted by atomic mass is 35.5. The Morgan fingerprint density at radius 2 is 1.58 bits per heavy atom. The van der Waals surface area contributed by atoms with Gasteiger partial charge >= 0.3 is 0 Å². The summed E-state index contributed by atoms with van der Waals surface area (Å²) < 4.78 is 4.58. The fraction of sp³-hybridized carbons (Fsp3) is 0.0435. The van der Waals surface area contributed by atoms with Crippen molar-refractivity contribution in [3.8, 4) is 5.69 Å². The van der Waals surface area contributed by atoms with Gasteiger partial charge in [0.05, 0.1) is 23.1 Å². The van der Waals surface area contributed by atoms with Gasteiger partial charge in [0.25, 0.3) is 0 Å². The molecule has 1 N–H and O–H groups in total. The molecule has 0 bridgehead atoms. The van der Waals surface area contributed by atoms with Gasteiger partial charge < -0.3 is 4.57 Å². The molecule has 6 rings (SSSR count). The van der Waals surface area contributed by atoms with Crippen LogP contribution >= 0.6 is 23.8 Å². The summed E-state index contributed by atoms with van der Waals surface area (Å²) in [5, 5.41) is 9.16. The van der Waals surface area contributed by atoms with E-state index in [1.807, 2.05) is 65.2 Å². The Morgan fingerprint density at radius 3 is 2.39 bits per heavy atom. The van der Waals surface area contributed by atoms with E-state index < -0.39 is 0 Å². The number of aromatic nitrogens is 6. The Morgan fingerprint density at radius 1 is 0.871 bits per heavy atom. The molecule has 0 radical (unpaired) electrons. The Balaban J connectivity index is 1.60. The van der Waals surface area contributed by atoms with Gasteiger partial charge in [0.2, 0.25) is 0 Å². The third kappa shape index (κ3) is 2.93. The number of hydrogen-bond acceptors (Lipinski definition) is 4. The summed E-state index contributed by atoms with van der Waals surface area (Å²) in [6.07, 6.45) is 0. The van der Waals surface area contributed by atoms with Crippen molar-refractivity contribution in [2.24, 2.45) is 0 Å². The van der Waals surface area contributed by atoms with Gasteiger partial charge in [-0.25, -0.2) is 9.97 Å². The minimum absolute atomic E-state index is 0.479. The predicted molar refractivity (Wildman–Crippen MR) is 125 cm³/mol. The van der Waals surface area contributed by atoms with Crippen LogP contribution < -0.4 is 0 Å². The molecule has 0 saturated carbocycles. The predicted octanol–water partition coefficient (Wildman–Crippen LogP) is 5.68. The van der Waals surface area contributed by atoms with Gasteiger partial charge in [-0.2, -0.15) is 5.10 Å². The zero-order valence-corrected chi connectivity index (χ0v) is 17.7. The summed E-state index contributed by atoms with van der Waals surface area (Å²) in [6.45, 7) is 0.479. The quantitative estimate of drug-likeness (QED) is 0.358. The van der Waals surface area contributed by atoms with E-state index in [0.29, 0.717) is 16.3 Å². The van der Waals surface area contributed by atoms with Gasteiger partial charge in [0.1, 0.15) is 5.52 Å². The van der Waals surface area contributed by atoms with Crippen LogP contribution in [-0.4, -0.2) is 29.3 Å². The highest BCUT2D eigenvalue weighted by molar-refractivity contribution is 7.71. The number of nitrogens with zero attached hydrogens (tertiary/aromatic N) is 5. The zero-order chi connectivity index (χ0) is 20.9. The second-order valence-corrected chi connectivity index (χ2v) is 8.07. The fourth-order valence-corrected chi connectivity index (χ4v) is 4.36. The van der Waals surface area contributed by atoms with Crippen LogP contribution in [0.2, 0.25) is 5.02 Å². The number of H-pyrrole nitrogens is 1. The third-order valence-electron chi connectivity index (χ3n) is 5.38. The highest BCUT2D eigenvalue weighted by Crippen LogP contribution is 2.29. The number of fused-ring (bicyclic) bond motifs is 4. The lowest BCUT2D eigenvalue weighted by molar-refractivity contribution is 0.760. The molecule has 0 amide bonds. The molecule has 0 spiro atoms. The lowest BCUT2D eigenvalue weighted by Gasteiger charge is -2.10. The van der Waals surface area contributed by atoms with Crippen LogP contribution in [0.3, 0.4) is 0 Å². The molecule has 0 aliphatic heterocycles. The normalized spacial score (nSPS) is 11.6. The lowest BCUT2D eigenvalue weighted by atomic mass is 10.2. The zero-order valence-electron chi connectivity index (χ0n) is 16.2. The van der Waals surface area contributed by atoms with Gasteiger partial charge in [-0.15, -0.1) is 0 Å². The highest BCUT2D eigenvalue weighted by Gasteiger charge is 2.17.